The highest BCUT2D eigenvalue weighted by Crippen LogP contribution is 2.35. The first kappa shape index (κ1) is 14.5. The molecule has 24 heavy (non-hydrogen) atoms. The summed E-state index contributed by atoms with van der Waals surface area (Å²) in [5, 5.41) is 18.7. The second-order valence-electron chi connectivity index (χ2n) is 5.18. The average Bonchev–Trinajstić information content (AvgIpc) is 3.08. The summed E-state index contributed by atoms with van der Waals surface area (Å²) in [6.07, 6.45) is 1.04. The summed E-state index contributed by atoms with van der Waals surface area (Å²) in [6.45, 7) is 1.66. The van der Waals surface area contributed by atoms with Gasteiger partial charge in [0, 0.05) is 11.1 Å². The van der Waals surface area contributed by atoms with Gasteiger partial charge in [-0.05, 0) is 30.0 Å². The molecule has 1 aliphatic heterocycles. The maximum Gasteiger partial charge on any atom is 0.373 e. The van der Waals surface area contributed by atoms with E-state index in [-0.39, 0.29) is 17.5 Å². The fourth-order valence-corrected chi connectivity index (χ4v) is 3.16. The van der Waals surface area contributed by atoms with Crippen molar-refractivity contribution in [2.24, 2.45) is 0 Å². The van der Waals surface area contributed by atoms with Crippen LogP contribution in [0.1, 0.15) is 6.92 Å². The summed E-state index contributed by atoms with van der Waals surface area (Å²) >= 11 is 1.30. The van der Waals surface area contributed by atoms with E-state index in [0.717, 1.165) is 0 Å². The quantitative estimate of drug-likeness (QED) is 0.558. The molecule has 2 N–H and O–H groups in total. The lowest BCUT2D eigenvalue weighted by atomic mass is 10.2. The highest BCUT2D eigenvalue weighted by Gasteiger charge is 2.26. The fraction of sp³-hybridized carbons (Fsp3) is 0.143. The fourth-order valence-electron chi connectivity index (χ4n) is 2.46. The number of carbonyl (C=O) groups is 1. The van der Waals surface area contributed by atoms with Crippen molar-refractivity contribution in [1.29, 1.82) is 0 Å². The van der Waals surface area contributed by atoms with Crippen molar-refractivity contribution < 1.29 is 14.5 Å². The Bertz CT molecular complexity index is 979. The molecule has 0 bridgehead atoms. The predicted octanol–water partition coefficient (Wildman–Crippen LogP) is 2.77. The number of nitro groups is 1. The summed E-state index contributed by atoms with van der Waals surface area (Å²) in [6, 6.07) is 5.05. The number of rotatable bonds is 3. The summed E-state index contributed by atoms with van der Waals surface area (Å²) in [5.74, 6) is 0.308. The van der Waals surface area contributed by atoms with E-state index in [0.29, 0.717) is 22.1 Å². The van der Waals surface area contributed by atoms with Crippen LogP contribution < -0.4 is 15.4 Å². The molecule has 0 saturated carbocycles. The van der Waals surface area contributed by atoms with Gasteiger partial charge in [0.05, 0.1) is 5.69 Å². The van der Waals surface area contributed by atoms with Gasteiger partial charge in [0.1, 0.15) is 11.9 Å². The van der Waals surface area contributed by atoms with Gasteiger partial charge < -0.3 is 25.5 Å². The van der Waals surface area contributed by atoms with Gasteiger partial charge >= 0.3 is 5.82 Å². The van der Waals surface area contributed by atoms with Crippen LogP contribution in [0.4, 0.5) is 23.0 Å². The van der Waals surface area contributed by atoms with E-state index in [4.69, 9.17) is 4.74 Å². The van der Waals surface area contributed by atoms with Gasteiger partial charge in [0.25, 0.3) is 10.9 Å². The van der Waals surface area contributed by atoms with Crippen molar-refractivity contribution in [2.75, 3.05) is 10.6 Å². The van der Waals surface area contributed by atoms with E-state index in [2.05, 4.69) is 15.6 Å². The second kappa shape index (κ2) is 5.20. The van der Waals surface area contributed by atoms with Gasteiger partial charge in [0.2, 0.25) is 5.82 Å². The molecule has 1 amide bonds. The smallest absolute Gasteiger partial charge is 0.373 e. The lowest BCUT2D eigenvalue weighted by molar-refractivity contribution is -0.389. The molecule has 4 rings (SSSR count). The lowest BCUT2D eigenvalue weighted by Gasteiger charge is -2.23. The number of hydrogen-bond donors (Lipinski definition) is 2. The minimum atomic E-state index is -0.558. The molecule has 1 unspecified atom stereocenters. The van der Waals surface area contributed by atoms with E-state index in [1.165, 1.54) is 15.7 Å². The van der Waals surface area contributed by atoms with Gasteiger partial charge in [-0.1, -0.05) is 11.3 Å². The van der Waals surface area contributed by atoms with Crippen LogP contribution in [0.5, 0.6) is 5.75 Å². The Morgan fingerprint density at radius 1 is 1.50 bits per heavy atom. The van der Waals surface area contributed by atoms with Gasteiger partial charge in [-0.2, -0.15) is 9.38 Å². The molecular formula is C14H11N5O4S. The molecule has 0 aliphatic carbocycles. The van der Waals surface area contributed by atoms with Crippen LogP contribution in [0.3, 0.4) is 0 Å². The molecule has 1 atom stereocenters. The zero-order valence-corrected chi connectivity index (χ0v) is 13.2. The third kappa shape index (κ3) is 2.24. The Hall–Kier alpha value is -3.14. The predicted molar refractivity (Wildman–Crippen MR) is 88.2 cm³/mol. The summed E-state index contributed by atoms with van der Waals surface area (Å²) < 4.78 is 6.90. The monoisotopic (exact) mass is 345 g/mol. The van der Waals surface area contributed by atoms with Crippen molar-refractivity contribution in [1.82, 2.24) is 9.38 Å². The number of benzene rings is 1. The molecule has 122 valence electrons. The minimum absolute atomic E-state index is 0.141. The number of thiazole rings is 1. The first-order valence-electron chi connectivity index (χ1n) is 7.01. The molecule has 3 aromatic rings. The van der Waals surface area contributed by atoms with Gasteiger partial charge in [-0.15, -0.1) is 0 Å². The molecule has 0 fully saturated rings. The van der Waals surface area contributed by atoms with Crippen LogP contribution in [0.25, 0.3) is 4.96 Å². The second-order valence-corrected chi connectivity index (χ2v) is 6.05. The Labute approximate surface area is 139 Å². The zero-order valence-electron chi connectivity index (χ0n) is 12.3. The van der Waals surface area contributed by atoms with E-state index >= 15 is 0 Å². The van der Waals surface area contributed by atoms with E-state index in [9.17, 15) is 14.9 Å². The molecule has 2 aromatic heterocycles. The SMILES string of the molecule is CC1Oc2ccc(Nc3nc4sccn4c3[N+](=O)[O-])cc2NC1=O. The highest BCUT2D eigenvalue weighted by atomic mass is 32.1. The van der Waals surface area contributed by atoms with E-state index < -0.39 is 11.0 Å². The standard InChI is InChI=1S/C14H11N5O4S/c1-7-12(20)16-9-6-8(2-3-10(9)23-7)15-11-13(19(21)22)18-4-5-24-14(18)17-11/h2-7,15H,1H3,(H,16,20). The molecule has 0 radical (unpaired) electrons. The maximum absolute atomic E-state index is 11.7. The van der Waals surface area contributed by atoms with Gasteiger partial charge in [-0.3, -0.25) is 4.79 Å². The number of fused-ring (bicyclic) bond motifs is 2. The van der Waals surface area contributed by atoms with E-state index in [1.54, 1.807) is 36.7 Å². The topological polar surface area (TPSA) is 111 Å². The number of aromatic nitrogens is 2. The van der Waals surface area contributed by atoms with Crippen LogP contribution >= 0.6 is 11.3 Å². The third-order valence-electron chi connectivity index (χ3n) is 3.58. The van der Waals surface area contributed by atoms with Crippen LogP contribution in [0.2, 0.25) is 0 Å². The Balaban J connectivity index is 1.70. The average molecular weight is 345 g/mol. The van der Waals surface area contributed by atoms with Crippen LogP contribution in [0.15, 0.2) is 29.8 Å². The van der Waals surface area contributed by atoms with Crippen LogP contribution in [-0.2, 0) is 4.79 Å². The molecule has 9 nitrogen and oxygen atoms in total. The lowest BCUT2D eigenvalue weighted by Crippen LogP contribution is -2.34. The highest BCUT2D eigenvalue weighted by molar-refractivity contribution is 7.15. The number of nitrogens with zero attached hydrogens (tertiary/aromatic N) is 3. The number of carbonyl (C=O) groups excluding carboxylic acids is 1. The normalized spacial score (nSPS) is 16.4. The number of nitrogens with one attached hydrogen (secondary N) is 2. The van der Waals surface area contributed by atoms with Crippen molar-refractivity contribution in [3.63, 3.8) is 0 Å². The molecule has 10 heteroatoms. The van der Waals surface area contributed by atoms with Crippen LogP contribution in [0, 0.1) is 10.1 Å². The first-order valence-corrected chi connectivity index (χ1v) is 7.89. The Morgan fingerprint density at radius 2 is 2.33 bits per heavy atom. The Kier molecular flexibility index (Phi) is 3.13. The summed E-state index contributed by atoms with van der Waals surface area (Å²) in [7, 11) is 0. The molecule has 1 aromatic carbocycles. The molecular weight excluding hydrogens is 334 g/mol. The van der Waals surface area contributed by atoms with Gasteiger partial charge in [-0.25, -0.2) is 0 Å². The largest absolute Gasteiger partial charge is 0.479 e. The number of amides is 1. The maximum atomic E-state index is 11.7. The number of imidazole rings is 1. The van der Waals surface area contributed by atoms with Crippen molar-refractivity contribution in [2.45, 2.75) is 13.0 Å². The Morgan fingerprint density at radius 3 is 3.12 bits per heavy atom. The number of ether oxygens (including phenoxy) is 1. The van der Waals surface area contributed by atoms with Crippen molar-refractivity contribution in [3.05, 3.63) is 39.9 Å². The molecule has 1 aliphatic rings. The number of anilines is 3. The van der Waals surface area contributed by atoms with Crippen molar-refractivity contribution >= 4 is 45.2 Å². The summed E-state index contributed by atoms with van der Waals surface area (Å²) in [5.41, 5.74) is 1.06. The molecule has 0 spiro atoms. The van der Waals surface area contributed by atoms with Crippen molar-refractivity contribution in [3.8, 4) is 5.75 Å². The van der Waals surface area contributed by atoms with Crippen LogP contribution in [-0.4, -0.2) is 26.3 Å². The molecule has 0 saturated heterocycles. The minimum Gasteiger partial charge on any atom is -0.479 e. The first-order chi connectivity index (χ1) is 11.5. The third-order valence-corrected chi connectivity index (χ3v) is 4.34. The van der Waals surface area contributed by atoms with Gasteiger partial charge in [0.15, 0.2) is 6.10 Å². The molecule has 3 heterocycles. The zero-order chi connectivity index (χ0) is 16.8. The summed E-state index contributed by atoms with van der Waals surface area (Å²) in [4.78, 5) is 27.3. The van der Waals surface area contributed by atoms with E-state index in [1.807, 2.05) is 0 Å². The number of hydrogen-bond acceptors (Lipinski definition) is 7.